The maximum atomic E-state index is 15.0. The summed E-state index contributed by atoms with van der Waals surface area (Å²) in [5.74, 6) is 0.307. The molecule has 4 atom stereocenters. The van der Waals surface area contributed by atoms with Crippen molar-refractivity contribution in [2.75, 3.05) is 5.32 Å². The van der Waals surface area contributed by atoms with Crippen molar-refractivity contribution in [1.82, 2.24) is 25.0 Å². The molecule has 2 saturated carbocycles. The van der Waals surface area contributed by atoms with E-state index in [2.05, 4.69) is 25.7 Å². The van der Waals surface area contributed by atoms with Crippen LogP contribution in [0.25, 0.3) is 11.3 Å². The number of anilines is 1. The molecule has 8 rings (SSSR count). The molecular formula is C27H29FN6O2. The molecule has 0 spiro atoms. The minimum Gasteiger partial charge on any atom is -0.392 e. The zero-order chi connectivity index (χ0) is 24.4. The average molecular weight is 489 g/mol. The van der Waals surface area contributed by atoms with Gasteiger partial charge in [0.2, 0.25) is 0 Å². The van der Waals surface area contributed by atoms with E-state index in [1.165, 1.54) is 6.07 Å². The number of aliphatic hydroxyl groups excluding tert-OH is 1. The van der Waals surface area contributed by atoms with E-state index < -0.39 is 6.10 Å². The number of hydrogen-bond donors (Lipinski definition) is 3. The molecule has 4 bridgehead atoms. The molecule has 4 unspecified atom stereocenters. The fraction of sp³-hybridized carbons (Fsp3) is 0.444. The molecular weight excluding hydrogens is 459 g/mol. The molecule has 36 heavy (non-hydrogen) atoms. The highest BCUT2D eigenvalue weighted by Crippen LogP contribution is 2.58. The molecule has 9 heteroatoms. The van der Waals surface area contributed by atoms with Crippen molar-refractivity contribution in [3.05, 3.63) is 66.6 Å². The van der Waals surface area contributed by atoms with E-state index in [1.807, 2.05) is 10.6 Å². The second kappa shape index (κ2) is 8.11. The Labute approximate surface area is 208 Å². The van der Waals surface area contributed by atoms with Gasteiger partial charge in [-0.15, -0.1) is 0 Å². The molecule has 3 N–H and O–H groups in total. The lowest BCUT2D eigenvalue weighted by molar-refractivity contribution is -0.166. The van der Waals surface area contributed by atoms with Crippen LogP contribution in [0.15, 0.2) is 55.2 Å². The summed E-state index contributed by atoms with van der Waals surface area (Å²) in [5, 5.41) is 16.7. The van der Waals surface area contributed by atoms with Gasteiger partial charge in [0.1, 0.15) is 5.82 Å². The standard InChI is InChI=1S/C27H29FN6O2/c28-21-5-1-4-20-23-14-30-15-33(23)22(25(20)21)9-24(35)27-10-16-7-18(11-27)34(19(8-16)12-27)32-26(36)31-17-3-2-6-29-13-17/h1-6,13-16,18-19,22,24,35H,7-12H2,(H2,31,32,36). The van der Waals surface area contributed by atoms with Gasteiger partial charge in [0, 0.05) is 29.4 Å². The lowest BCUT2D eigenvalue weighted by Gasteiger charge is -2.62. The number of benzene rings is 1. The Morgan fingerprint density at radius 3 is 2.75 bits per heavy atom. The van der Waals surface area contributed by atoms with E-state index in [9.17, 15) is 14.3 Å². The fourth-order valence-electron chi connectivity index (χ4n) is 7.68. The number of carbonyl (C=O) groups is 1. The number of imidazole rings is 1. The summed E-state index contributed by atoms with van der Waals surface area (Å²) in [6.45, 7) is 0. The predicted octanol–water partition coefficient (Wildman–Crippen LogP) is 4.11. The topological polar surface area (TPSA) is 95.3 Å². The highest BCUT2D eigenvalue weighted by molar-refractivity contribution is 5.88. The van der Waals surface area contributed by atoms with Gasteiger partial charge in [-0.3, -0.25) is 10.4 Å². The van der Waals surface area contributed by atoms with Crippen LogP contribution in [0.1, 0.15) is 50.1 Å². The maximum Gasteiger partial charge on any atom is 0.333 e. The van der Waals surface area contributed by atoms with Gasteiger partial charge in [0.15, 0.2) is 0 Å². The zero-order valence-corrected chi connectivity index (χ0v) is 19.8. The lowest BCUT2D eigenvalue weighted by atomic mass is 9.53. The molecule has 5 heterocycles. The van der Waals surface area contributed by atoms with Gasteiger partial charge < -0.3 is 15.0 Å². The third-order valence-electron chi connectivity index (χ3n) is 8.94. The highest BCUT2D eigenvalue weighted by atomic mass is 19.1. The van der Waals surface area contributed by atoms with E-state index in [0.29, 0.717) is 23.6 Å². The molecule has 2 aliphatic carbocycles. The van der Waals surface area contributed by atoms with Crippen LogP contribution in [-0.2, 0) is 0 Å². The maximum absolute atomic E-state index is 15.0. The monoisotopic (exact) mass is 488 g/mol. The number of carbonyl (C=O) groups excluding carboxylic acids is 1. The van der Waals surface area contributed by atoms with Gasteiger partial charge >= 0.3 is 6.03 Å². The Kier molecular flexibility index (Phi) is 4.94. The van der Waals surface area contributed by atoms with Crippen LogP contribution in [0.2, 0.25) is 0 Å². The summed E-state index contributed by atoms with van der Waals surface area (Å²) in [4.78, 5) is 21.0. The Bertz CT molecular complexity index is 1300. The molecule has 2 amide bonds. The highest BCUT2D eigenvalue weighted by Gasteiger charge is 2.58. The van der Waals surface area contributed by atoms with Gasteiger partial charge in [0.25, 0.3) is 0 Å². The largest absolute Gasteiger partial charge is 0.392 e. The van der Waals surface area contributed by atoms with Crippen molar-refractivity contribution < 1.29 is 14.3 Å². The van der Waals surface area contributed by atoms with Gasteiger partial charge in [0.05, 0.1) is 42.2 Å². The van der Waals surface area contributed by atoms with Crippen molar-refractivity contribution in [1.29, 1.82) is 0 Å². The summed E-state index contributed by atoms with van der Waals surface area (Å²) in [5.41, 5.74) is 5.94. The number of aromatic nitrogens is 3. The number of hydrogen-bond acceptors (Lipinski definition) is 5. The average Bonchev–Trinajstić information content (AvgIpc) is 3.45. The molecule has 2 aromatic heterocycles. The first-order valence-electron chi connectivity index (χ1n) is 12.8. The van der Waals surface area contributed by atoms with Crippen LogP contribution >= 0.6 is 0 Å². The van der Waals surface area contributed by atoms with E-state index in [-0.39, 0.29) is 35.4 Å². The van der Waals surface area contributed by atoms with Crippen LogP contribution < -0.4 is 10.7 Å². The Hall–Kier alpha value is -3.30. The number of rotatable bonds is 5. The smallest absolute Gasteiger partial charge is 0.333 e. The summed E-state index contributed by atoms with van der Waals surface area (Å²) in [7, 11) is 0. The number of aliphatic hydroxyl groups is 1. The predicted molar refractivity (Wildman–Crippen MR) is 131 cm³/mol. The molecule has 2 saturated heterocycles. The number of halogens is 1. The normalized spacial score (nSPS) is 30.6. The Morgan fingerprint density at radius 2 is 1.97 bits per heavy atom. The minimum atomic E-state index is -0.567. The van der Waals surface area contributed by atoms with E-state index in [4.69, 9.17) is 0 Å². The lowest BCUT2D eigenvalue weighted by Crippen LogP contribution is -2.68. The number of amides is 2. The second-order valence-corrected chi connectivity index (χ2v) is 11.0. The Balaban J connectivity index is 1.10. The first-order chi connectivity index (χ1) is 17.5. The van der Waals surface area contributed by atoms with Crippen LogP contribution in [-0.4, -0.2) is 48.9 Å². The number of fused-ring (bicyclic) bond motifs is 3. The fourth-order valence-corrected chi connectivity index (χ4v) is 7.68. The molecule has 4 fully saturated rings. The molecule has 8 nitrogen and oxygen atoms in total. The summed E-state index contributed by atoms with van der Waals surface area (Å²) in [6, 6.07) is 8.59. The number of urea groups is 1. The van der Waals surface area contributed by atoms with Crippen molar-refractivity contribution in [3.63, 3.8) is 0 Å². The number of nitrogens with one attached hydrogen (secondary N) is 2. The van der Waals surface area contributed by atoms with E-state index in [0.717, 1.165) is 43.4 Å². The second-order valence-electron chi connectivity index (χ2n) is 11.0. The van der Waals surface area contributed by atoms with E-state index in [1.54, 1.807) is 43.1 Å². The van der Waals surface area contributed by atoms with Crippen LogP contribution in [0.3, 0.4) is 0 Å². The number of pyridine rings is 1. The number of piperidine rings is 2. The molecule has 186 valence electrons. The SMILES string of the molecule is O=C(Nc1cccnc1)NN1C2CC3CC1CC(C(O)CC1c4c(F)cccc4-c4cncn41)(C3)C2. The van der Waals surface area contributed by atoms with Crippen LogP contribution in [0, 0.1) is 17.2 Å². The Morgan fingerprint density at radius 1 is 1.14 bits per heavy atom. The number of nitrogens with zero attached hydrogens (tertiary/aromatic N) is 4. The van der Waals surface area contributed by atoms with Crippen LogP contribution in [0.5, 0.6) is 0 Å². The first-order valence-corrected chi connectivity index (χ1v) is 12.8. The minimum absolute atomic E-state index is 0.182. The van der Waals surface area contributed by atoms with Gasteiger partial charge in [-0.1, -0.05) is 12.1 Å². The third kappa shape index (κ3) is 3.37. The summed E-state index contributed by atoms with van der Waals surface area (Å²) >= 11 is 0. The molecule has 3 aliphatic heterocycles. The van der Waals surface area contributed by atoms with Crippen LogP contribution in [0.4, 0.5) is 14.9 Å². The van der Waals surface area contributed by atoms with Crippen molar-refractivity contribution >= 4 is 11.7 Å². The third-order valence-corrected chi connectivity index (χ3v) is 8.94. The molecule has 3 aromatic rings. The summed E-state index contributed by atoms with van der Waals surface area (Å²) in [6.07, 6.45) is 11.4. The quantitative estimate of drug-likeness (QED) is 0.503. The number of hydrazine groups is 1. The van der Waals surface area contributed by atoms with Gasteiger partial charge in [-0.25, -0.2) is 19.2 Å². The molecule has 1 aromatic carbocycles. The van der Waals surface area contributed by atoms with Crippen molar-refractivity contribution in [3.8, 4) is 11.3 Å². The molecule has 0 radical (unpaired) electrons. The van der Waals surface area contributed by atoms with Crippen molar-refractivity contribution in [2.24, 2.45) is 11.3 Å². The van der Waals surface area contributed by atoms with Gasteiger partial charge in [-0.05, 0) is 68.1 Å². The zero-order valence-electron chi connectivity index (χ0n) is 19.8. The van der Waals surface area contributed by atoms with E-state index >= 15 is 0 Å². The van der Waals surface area contributed by atoms with Crippen molar-refractivity contribution in [2.45, 2.75) is 62.8 Å². The summed E-state index contributed by atoms with van der Waals surface area (Å²) < 4.78 is 17.0. The van der Waals surface area contributed by atoms with Gasteiger partial charge in [-0.2, -0.15) is 0 Å². The molecule has 5 aliphatic rings. The first kappa shape index (κ1) is 21.9.